The zero-order valence-electron chi connectivity index (χ0n) is 14.3. The summed E-state index contributed by atoms with van der Waals surface area (Å²) in [5.74, 6) is -0.918. The van der Waals surface area contributed by atoms with Crippen LogP contribution in [0.15, 0.2) is 71.7 Å². The van der Waals surface area contributed by atoms with Crippen molar-refractivity contribution in [1.82, 2.24) is 4.98 Å². The standard InChI is InChI=1S/C20H17N3O4/c21-19(25)14-6-8-15(9-7-14)23-20(26)16-10-17(24)18(11-22-16)27-12-13-4-2-1-3-5-13/h1-11H,12H2,(H2,21,25)(H,22,24)(H,23,26). The van der Waals surface area contributed by atoms with Gasteiger partial charge in [0.1, 0.15) is 12.3 Å². The van der Waals surface area contributed by atoms with Crippen molar-refractivity contribution in [2.45, 2.75) is 6.61 Å². The van der Waals surface area contributed by atoms with E-state index in [4.69, 9.17) is 10.5 Å². The highest BCUT2D eigenvalue weighted by molar-refractivity contribution is 6.03. The number of aromatic amines is 1. The number of aromatic nitrogens is 1. The summed E-state index contributed by atoms with van der Waals surface area (Å²) >= 11 is 0. The molecule has 2 aromatic carbocycles. The van der Waals surface area contributed by atoms with Gasteiger partial charge in [-0.15, -0.1) is 0 Å². The summed E-state index contributed by atoms with van der Waals surface area (Å²) < 4.78 is 5.49. The second-order valence-corrected chi connectivity index (χ2v) is 5.75. The Hall–Kier alpha value is -3.87. The Morgan fingerprint density at radius 1 is 1.04 bits per heavy atom. The fourth-order valence-corrected chi connectivity index (χ4v) is 2.35. The molecule has 3 rings (SSSR count). The van der Waals surface area contributed by atoms with E-state index in [1.54, 1.807) is 12.1 Å². The number of benzene rings is 2. The predicted octanol–water partition coefficient (Wildman–Crippen LogP) is 2.31. The number of rotatable bonds is 6. The molecule has 0 atom stereocenters. The fourth-order valence-electron chi connectivity index (χ4n) is 2.35. The lowest BCUT2D eigenvalue weighted by atomic mass is 10.2. The highest BCUT2D eigenvalue weighted by Crippen LogP contribution is 2.11. The number of nitrogens with one attached hydrogen (secondary N) is 2. The molecule has 0 fully saturated rings. The second-order valence-electron chi connectivity index (χ2n) is 5.75. The quantitative estimate of drug-likeness (QED) is 0.623. The van der Waals surface area contributed by atoms with Gasteiger partial charge in [0.25, 0.3) is 5.91 Å². The van der Waals surface area contributed by atoms with E-state index < -0.39 is 17.2 Å². The number of hydrogen-bond donors (Lipinski definition) is 3. The zero-order chi connectivity index (χ0) is 19.2. The number of nitrogens with two attached hydrogens (primary N) is 1. The zero-order valence-corrected chi connectivity index (χ0v) is 14.3. The smallest absolute Gasteiger partial charge is 0.272 e. The number of carbonyl (C=O) groups is 2. The van der Waals surface area contributed by atoms with Crippen LogP contribution in [0.25, 0.3) is 0 Å². The van der Waals surface area contributed by atoms with Crippen molar-refractivity contribution in [2.24, 2.45) is 5.73 Å². The first kappa shape index (κ1) is 17.9. The molecule has 0 aliphatic heterocycles. The Balaban J connectivity index is 1.66. The van der Waals surface area contributed by atoms with Crippen molar-refractivity contribution in [3.05, 3.63) is 93.9 Å². The molecule has 0 saturated heterocycles. The maximum absolute atomic E-state index is 12.3. The summed E-state index contributed by atoms with van der Waals surface area (Å²) in [6, 6.07) is 16.7. The van der Waals surface area contributed by atoms with Crippen molar-refractivity contribution in [3.8, 4) is 5.75 Å². The molecule has 4 N–H and O–H groups in total. The third kappa shape index (κ3) is 4.60. The molecule has 0 spiro atoms. The normalized spacial score (nSPS) is 10.2. The van der Waals surface area contributed by atoms with Gasteiger partial charge in [0.05, 0.1) is 0 Å². The molecule has 1 aromatic heterocycles. The number of pyridine rings is 1. The van der Waals surface area contributed by atoms with Gasteiger partial charge < -0.3 is 20.8 Å². The molecular weight excluding hydrogens is 346 g/mol. The highest BCUT2D eigenvalue weighted by atomic mass is 16.5. The van der Waals surface area contributed by atoms with Crippen LogP contribution >= 0.6 is 0 Å². The minimum Gasteiger partial charge on any atom is -0.483 e. The van der Waals surface area contributed by atoms with Crippen LogP contribution in [0, 0.1) is 0 Å². The predicted molar refractivity (Wildman–Crippen MR) is 101 cm³/mol. The lowest BCUT2D eigenvalue weighted by Gasteiger charge is -2.08. The van der Waals surface area contributed by atoms with Crippen LogP contribution in [0.4, 0.5) is 5.69 Å². The van der Waals surface area contributed by atoms with E-state index in [0.29, 0.717) is 11.3 Å². The van der Waals surface area contributed by atoms with Gasteiger partial charge in [-0.1, -0.05) is 30.3 Å². The van der Waals surface area contributed by atoms with Crippen LogP contribution in [0.1, 0.15) is 26.4 Å². The first-order chi connectivity index (χ1) is 13.0. The number of hydrogen-bond acceptors (Lipinski definition) is 4. The van der Waals surface area contributed by atoms with E-state index in [1.165, 1.54) is 24.4 Å². The molecule has 7 nitrogen and oxygen atoms in total. The lowest BCUT2D eigenvalue weighted by molar-refractivity contribution is 0.0998. The summed E-state index contributed by atoms with van der Waals surface area (Å²) in [6.45, 7) is 0.252. The average Bonchev–Trinajstić information content (AvgIpc) is 2.68. The van der Waals surface area contributed by atoms with Crippen molar-refractivity contribution < 1.29 is 14.3 Å². The molecule has 27 heavy (non-hydrogen) atoms. The fraction of sp³-hybridized carbons (Fsp3) is 0.0500. The first-order valence-electron chi connectivity index (χ1n) is 8.13. The SMILES string of the molecule is NC(=O)c1ccc(NC(=O)c2cc(=O)c(OCc3ccccc3)c[nH]2)cc1. The second kappa shape index (κ2) is 8.01. The van der Waals surface area contributed by atoms with Gasteiger partial charge in [0, 0.05) is 23.5 Å². The molecule has 7 heteroatoms. The first-order valence-corrected chi connectivity index (χ1v) is 8.13. The van der Waals surface area contributed by atoms with Crippen molar-refractivity contribution in [1.29, 1.82) is 0 Å². The van der Waals surface area contributed by atoms with Crippen molar-refractivity contribution in [2.75, 3.05) is 5.32 Å². The lowest BCUT2D eigenvalue weighted by Crippen LogP contribution is -2.18. The van der Waals surface area contributed by atoms with E-state index in [9.17, 15) is 14.4 Å². The number of H-pyrrole nitrogens is 1. The molecule has 0 bridgehead atoms. The Morgan fingerprint density at radius 3 is 2.37 bits per heavy atom. The number of anilines is 1. The van der Waals surface area contributed by atoms with E-state index in [1.807, 2.05) is 30.3 Å². The van der Waals surface area contributed by atoms with Crippen LogP contribution in [-0.4, -0.2) is 16.8 Å². The highest BCUT2D eigenvalue weighted by Gasteiger charge is 2.11. The molecule has 0 aliphatic carbocycles. The molecule has 0 unspecified atom stereocenters. The van der Waals surface area contributed by atoms with Gasteiger partial charge in [-0.05, 0) is 29.8 Å². The summed E-state index contributed by atoms with van der Waals surface area (Å²) in [6.07, 6.45) is 1.36. The van der Waals surface area contributed by atoms with Gasteiger partial charge in [-0.2, -0.15) is 0 Å². The van der Waals surface area contributed by atoms with Crippen molar-refractivity contribution in [3.63, 3.8) is 0 Å². The van der Waals surface area contributed by atoms with E-state index in [2.05, 4.69) is 10.3 Å². The van der Waals surface area contributed by atoms with Gasteiger partial charge in [0.15, 0.2) is 5.75 Å². The van der Waals surface area contributed by atoms with Crippen LogP contribution in [0.3, 0.4) is 0 Å². The number of ether oxygens (including phenoxy) is 1. The molecule has 3 aromatic rings. The van der Waals surface area contributed by atoms with Gasteiger partial charge in [-0.25, -0.2) is 0 Å². The van der Waals surface area contributed by atoms with Gasteiger partial charge in [-0.3, -0.25) is 14.4 Å². The minimum atomic E-state index is -0.553. The largest absolute Gasteiger partial charge is 0.483 e. The maximum Gasteiger partial charge on any atom is 0.272 e. The molecular formula is C20H17N3O4. The number of primary amides is 1. The molecule has 0 aliphatic rings. The van der Waals surface area contributed by atoms with Crippen LogP contribution in [0.2, 0.25) is 0 Å². The third-order valence-corrected chi connectivity index (χ3v) is 3.79. The van der Waals surface area contributed by atoms with Crippen LogP contribution < -0.4 is 21.2 Å². The molecule has 0 saturated carbocycles. The average molecular weight is 363 g/mol. The molecule has 0 radical (unpaired) electrons. The molecule has 136 valence electrons. The monoisotopic (exact) mass is 363 g/mol. The third-order valence-electron chi connectivity index (χ3n) is 3.79. The van der Waals surface area contributed by atoms with Gasteiger partial charge >= 0.3 is 0 Å². The summed E-state index contributed by atoms with van der Waals surface area (Å²) in [4.78, 5) is 38.2. The number of carbonyl (C=O) groups excluding carboxylic acids is 2. The number of amides is 2. The molecule has 1 heterocycles. The van der Waals surface area contributed by atoms with Crippen LogP contribution in [-0.2, 0) is 6.61 Å². The topological polar surface area (TPSA) is 114 Å². The molecule has 2 amide bonds. The summed E-state index contributed by atoms with van der Waals surface area (Å²) in [5.41, 5.74) is 6.59. The summed E-state index contributed by atoms with van der Waals surface area (Å²) in [7, 11) is 0. The van der Waals surface area contributed by atoms with E-state index in [0.717, 1.165) is 5.56 Å². The van der Waals surface area contributed by atoms with Gasteiger partial charge in [0.2, 0.25) is 11.3 Å². The van der Waals surface area contributed by atoms with Crippen molar-refractivity contribution >= 4 is 17.5 Å². The van der Waals surface area contributed by atoms with Crippen LogP contribution in [0.5, 0.6) is 5.75 Å². The summed E-state index contributed by atoms with van der Waals surface area (Å²) in [5, 5.41) is 2.63. The Kier molecular flexibility index (Phi) is 5.32. The van der Waals surface area contributed by atoms with E-state index in [-0.39, 0.29) is 18.1 Å². The minimum absolute atomic E-state index is 0.0889. The van der Waals surface area contributed by atoms with E-state index >= 15 is 0 Å². The maximum atomic E-state index is 12.3. The Labute approximate surface area is 154 Å². The Morgan fingerprint density at radius 2 is 1.74 bits per heavy atom. The Bertz CT molecular complexity index is 1010.